The van der Waals surface area contributed by atoms with E-state index < -0.39 is 0 Å². The van der Waals surface area contributed by atoms with Crippen LogP contribution in [0.4, 0.5) is 4.39 Å². The molecule has 1 aliphatic heterocycles. The van der Waals surface area contributed by atoms with Gasteiger partial charge in [-0.05, 0) is 54.4 Å². The highest BCUT2D eigenvalue weighted by Gasteiger charge is 2.22. The summed E-state index contributed by atoms with van der Waals surface area (Å²) in [5.74, 6) is 0.494. The fourth-order valence-corrected chi connectivity index (χ4v) is 4.49. The third-order valence-corrected chi connectivity index (χ3v) is 5.90. The lowest BCUT2D eigenvalue weighted by Gasteiger charge is -2.30. The van der Waals surface area contributed by atoms with E-state index in [-0.39, 0.29) is 11.9 Å². The number of fused-ring (bicyclic) bond motifs is 1. The van der Waals surface area contributed by atoms with Gasteiger partial charge in [-0.25, -0.2) is 18.7 Å². The molecule has 0 saturated carbocycles. The van der Waals surface area contributed by atoms with E-state index in [9.17, 15) is 4.39 Å². The maximum atomic E-state index is 13.3. The zero-order valence-electron chi connectivity index (χ0n) is 12.9. The van der Waals surface area contributed by atoms with Gasteiger partial charge in [-0.3, -0.25) is 0 Å². The van der Waals surface area contributed by atoms with Crippen LogP contribution < -0.4 is 4.74 Å². The minimum atomic E-state index is -0.193. The maximum absolute atomic E-state index is 13.3. The quantitative estimate of drug-likeness (QED) is 0.645. The Morgan fingerprint density at radius 3 is 2.92 bits per heavy atom. The van der Waals surface area contributed by atoms with Crippen molar-refractivity contribution in [3.8, 4) is 5.88 Å². The van der Waals surface area contributed by atoms with E-state index in [0.717, 1.165) is 41.0 Å². The Morgan fingerprint density at radius 1 is 1.21 bits per heavy atom. The first-order valence-electron chi connectivity index (χ1n) is 7.81. The van der Waals surface area contributed by atoms with Crippen LogP contribution in [0.25, 0.3) is 10.2 Å². The van der Waals surface area contributed by atoms with Crippen LogP contribution in [-0.4, -0.2) is 33.5 Å². The van der Waals surface area contributed by atoms with Crippen LogP contribution in [0.2, 0.25) is 0 Å². The molecule has 0 radical (unpaired) electrons. The highest BCUT2D eigenvalue weighted by atomic mass is 32.2. The topological polar surface area (TPSA) is 38.2 Å². The molecule has 3 heterocycles. The number of hydrogen-bond acceptors (Lipinski definition) is 6. The van der Waals surface area contributed by atoms with Crippen molar-refractivity contribution in [1.82, 2.24) is 14.3 Å². The second-order valence-corrected chi connectivity index (χ2v) is 7.70. The summed E-state index contributed by atoms with van der Waals surface area (Å²) in [5, 5.41) is 2.00. The van der Waals surface area contributed by atoms with E-state index in [1.54, 1.807) is 41.7 Å². The van der Waals surface area contributed by atoms with Gasteiger partial charge < -0.3 is 4.74 Å². The van der Waals surface area contributed by atoms with E-state index in [0.29, 0.717) is 5.88 Å². The lowest BCUT2D eigenvalue weighted by atomic mass is 10.1. The van der Waals surface area contributed by atoms with Crippen LogP contribution in [0.5, 0.6) is 5.88 Å². The van der Waals surface area contributed by atoms with E-state index in [1.807, 2.05) is 17.5 Å². The fraction of sp³-hybridized carbons (Fsp3) is 0.294. The van der Waals surface area contributed by atoms with Crippen LogP contribution in [0.15, 0.2) is 46.9 Å². The van der Waals surface area contributed by atoms with Crippen molar-refractivity contribution in [2.75, 3.05) is 13.1 Å². The number of ether oxygens (including phenoxy) is 1. The van der Waals surface area contributed by atoms with Gasteiger partial charge in [0.2, 0.25) is 5.88 Å². The molecule has 4 nitrogen and oxygen atoms in total. The first kappa shape index (κ1) is 15.8. The number of rotatable bonds is 4. The molecule has 1 aliphatic rings. The van der Waals surface area contributed by atoms with Crippen molar-refractivity contribution in [2.45, 2.75) is 23.8 Å². The molecule has 24 heavy (non-hydrogen) atoms. The number of halogens is 1. The Labute approximate surface area is 147 Å². The zero-order chi connectivity index (χ0) is 16.4. The van der Waals surface area contributed by atoms with Gasteiger partial charge in [0.05, 0.1) is 5.52 Å². The third-order valence-electron chi connectivity index (χ3n) is 3.92. The highest BCUT2D eigenvalue weighted by molar-refractivity contribution is 7.97. The Hall–Kier alpha value is -1.70. The predicted molar refractivity (Wildman–Crippen MR) is 94.9 cm³/mol. The molecule has 3 aromatic rings. The van der Waals surface area contributed by atoms with Gasteiger partial charge in [0, 0.05) is 18.0 Å². The number of benzene rings is 1. The molecule has 0 amide bonds. The first-order chi connectivity index (χ1) is 11.8. The number of piperidine rings is 1. The minimum absolute atomic E-state index is 0.162. The molecule has 1 saturated heterocycles. The molecule has 124 valence electrons. The Bertz CT molecular complexity index is 833. The van der Waals surface area contributed by atoms with Crippen molar-refractivity contribution >= 4 is 33.5 Å². The molecule has 0 aliphatic carbocycles. The van der Waals surface area contributed by atoms with E-state index >= 15 is 0 Å². The van der Waals surface area contributed by atoms with Gasteiger partial charge in [-0.1, -0.05) is 6.07 Å². The summed E-state index contributed by atoms with van der Waals surface area (Å²) in [6.45, 7) is 1.81. The van der Waals surface area contributed by atoms with E-state index in [2.05, 4.69) is 14.3 Å². The second kappa shape index (κ2) is 7.04. The first-order valence-corrected chi connectivity index (χ1v) is 9.46. The molecule has 2 aromatic heterocycles. The van der Waals surface area contributed by atoms with E-state index in [1.165, 1.54) is 6.07 Å². The lowest BCUT2D eigenvalue weighted by Crippen LogP contribution is -2.34. The fourth-order valence-electron chi connectivity index (χ4n) is 2.72. The summed E-state index contributed by atoms with van der Waals surface area (Å²) in [5.41, 5.74) is 0.934. The van der Waals surface area contributed by atoms with Crippen LogP contribution in [0.1, 0.15) is 12.8 Å². The number of nitrogens with zero attached hydrogens (tertiary/aromatic N) is 3. The van der Waals surface area contributed by atoms with Gasteiger partial charge in [0.25, 0.3) is 0 Å². The molecule has 0 bridgehead atoms. The standard InChI is InChI=1S/C17H16FN3OS2/c18-12-2-1-3-14(10-12)24-21-7-4-13(5-8-21)22-17-16-15(6-9-23-16)19-11-20-17/h1-3,6,9-11,13H,4-5,7-8H2. The zero-order valence-corrected chi connectivity index (χ0v) is 14.5. The summed E-state index contributed by atoms with van der Waals surface area (Å²) >= 11 is 3.21. The number of aromatic nitrogens is 2. The molecular weight excluding hydrogens is 345 g/mol. The molecule has 7 heteroatoms. The summed E-state index contributed by atoms with van der Waals surface area (Å²) in [6, 6.07) is 8.70. The Balaban J connectivity index is 1.35. The van der Waals surface area contributed by atoms with Crippen LogP contribution >= 0.6 is 23.3 Å². The molecule has 4 rings (SSSR count). The van der Waals surface area contributed by atoms with Gasteiger partial charge in [-0.15, -0.1) is 11.3 Å². The Morgan fingerprint density at radius 2 is 2.08 bits per heavy atom. The van der Waals surface area contributed by atoms with Crippen molar-refractivity contribution in [3.63, 3.8) is 0 Å². The summed E-state index contributed by atoms with van der Waals surface area (Å²) in [7, 11) is 0. The van der Waals surface area contributed by atoms with E-state index in [4.69, 9.17) is 4.74 Å². The highest BCUT2D eigenvalue weighted by Crippen LogP contribution is 2.31. The molecule has 1 aromatic carbocycles. The monoisotopic (exact) mass is 361 g/mol. The van der Waals surface area contributed by atoms with Crippen molar-refractivity contribution < 1.29 is 9.13 Å². The molecule has 0 N–H and O–H groups in total. The van der Waals surface area contributed by atoms with Gasteiger partial charge >= 0.3 is 0 Å². The van der Waals surface area contributed by atoms with Gasteiger partial charge in [-0.2, -0.15) is 0 Å². The van der Waals surface area contributed by atoms with Crippen LogP contribution in [-0.2, 0) is 0 Å². The SMILES string of the molecule is Fc1cccc(SN2CCC(Oc3ncnc4ccsc34)CC2)c1. The third kappa shape index (κ3) is 3.53. The predicted octanol–water partition coefficient (Wildman–Crippen LogP) is 4.38. The summed E-state index contributed by atoms with van der Waals surface area (Å²) < 4.78 is 22.6. The van der Waals surface area contributed by atoms with Gasteiger partial charge in [0.15, 0.2) is 0 Å². The van der Waals surface area contributed by atoms with Gasteiger partial charge in [0.1, 0.15) is 22.9 Å². The molecule has 0 atom stereocenters. The number of hydrogen-bond donors (Lipinski definition) is 0. The molecule has 0 unspecified atom stereocenters. The summed E-state index contributed by atoms with van der Waals surface area (Å²) in [4.78, 5) is 9.46. The maximum Gasteiger partial charge on any atom is 0.235 e. The molecule has 1 fully saturated rings. The summed E-state index contributed by atoms with van der Waals surface area (Å²) in [6.07, 6.45) is 3.58. The minimum Gasteiger partial charge on any atom is -0.473 e. The largest absolute Gasteiger partial charge is 0.473 e. The molecule has 0 spiro atoms. The van der Waals surface area contributed by atoms with Crippen molar-refractivity contribution in [2.24, 2.45) is 0 Å². The normalized spacial score (nSPS) is 16.5. The number of thiophene rings is 1. The van der Waals surface area contributed by atoms with Crippen LogP contribution in [0.3, 0.4) is 0 Å². The average molecular weight is 361 g/mol. The van der Waals surface area contributed by atoms with Crippen molar-refractivity contribution in [1.29, 1.82) is 0 Å². The molecular formula is C17H16FN3OS2. The Kier molecular flexibility index (Phi) is 4.64. The average Bonchev–Trinajstić information content (AvgIpc) is 3.06. The van der Waals surface area contributed by atoms with Crippen LogP contribution in [0, 0.1) is 5.82 Å². The lowest BCUT2D eigenvalue weighted by molar-refractivity contribution is 0.135. The van der Waals surface area contributed by atoms with Crippen molar-refractivity contribution in [3.05, 3.63) is 47.9 Å². The smallest absolute Gasteiger partial charge is 0.235 e. The second-order valence-electron chi connectivity index (χ2n) is 5.61.